The zero-order chi connectivity index (χ0) is 19.0. The third-order valence-electron chi connectivity index (χ3n) is 4.90. The lowest BCUT2D eigenvalue weighted by Crippen LogP contribution is -2.18. The Morgan fingerprint density at radius 1 is 1.19 bits per heavy atom. The monoisotopic (exact) mass is 385 g/mol. The highest BCUT2D eigenvalue weighted by molar-refractivity contribution is 7.96. The van der Waals surface area contributed by atoms with Crippen LogP contribution in [0.3, 0.4) is 0 Å². The Morgan fingerprint density at radius 2 is 2.00 bits per heavy atom. The summed E-state index contributed by atoms with van der Waals surface area (Å²) in [5.41, 5.74) is 3.59. The molecule has 0 amide bonds. The van der Waals surface area contributed by atoms with Crippen LogP contribution in [0.2, 0.25) is 0 Å². The van der Waals surface area contributed by atoms with Gasteiger partial charge in [-0.25, -0.2) is 8.42 Å². The molecule has 6 heteroatoms. The van der Waals surface area contributed by atoms with Gasteiger partial charge in [-0.2, -0.15) is 0 Å². The van der Waals surface area contributed by atoms with E-state index in [-0.39, 0.29) is 6.10 Å². The molecule has 0 saturated heterocycles. The molecule has 5 nitrogen and oxygen atoms in total. The highest BCUT2D eigenvalue weighted by Crippen LogP contribution is 2.39. The number of aryl methyl sites for hydroxylation is 1. The Labute approximate surface area is 160 Å². The van der Waals surface area contributed by atoms with Crippen molar-refractivity contribution < 1.29 is 17.9 Å². The molecule has 0 saturated carbocycles. The number of hydrogen-bond acceptors (Lipinski definition) is 4. The number of hydrogen-bond donors (Lipinski definition) is 1. The van der Waals surface area contributed by atoms with E-state index in [9.17, 15) is 8.42 Å². The second-order valence-corrected chi connectivity index (χ2v) is 8.67. The van der Waals surface area contributed by atoms with Gasteiger partial charge >= 0.3 is 0 Å². The highest BCUT2D eigenvalue weighted by Gasteiger charge is 2.26. The zero-order valence-corrected chi connectivity index (χ0v) is 16.3. The topological polar surface area (TPSA) is 64.6 Å². The van der Waals surface area contributed by atoms with Crippen molar-refractivity contribution in [2.24, 2.45) is 0 Å². The molecule has 1 heterocycles. The summed E-state index contributed by atoms with van der Waals surface area (Å²) in [7, 11) is -3.68. The van der Waals surface area contributed by atoms with Crippen LogP contribution >= 0.6 is 0 Å². The van der Waals surface area contributed by atoms with Crippen LogP contribution in [0.15, 0.2) is 41.3 Å². The van der Waals surface area contributed by atoms with Crippen LogP contribution in [0.25, 0.3) is 6.08 Å². The van der Waals surface area contributed by atoms with E-state index in [1.54, 1.807) is 12.1 Å². The van der Waals surface area contributed by atoms with Crippen LogP contribution in [0.1, 0.15) is 37.0 Å². The van der Waals surface area contributed by atoms with Gasteiger partial charge in [0.2, 0.25) is 0 Å². The van der Waals surface area contributed by atoms with E-state index >= 15 is 0 Å². The van der Waals surface area contributed by atoms with E-state index in [2.05, 4.69) is 4.72 Å². The van der Waals surface area contributed by atoms with Gasteiger partial charge in [-0.15, -0.1) is 0 Å². The van der Waals surface area contributed by atoms with Crippen molar-refractivity contribution in [3.05, 3.63) is 58.0 Å². The molecule has 4 rings (SSSR count). The molecule has 0 spiro atoms. The Balaban J connectivity index is 1.67. The second-order valence-electron chi connectivity index (χ2n) is 6.94. The maximum atomic E-state index is 13.0. The standard InChI is InChI=1S/C21H23NO4S/c1-3-25-21-12-17-10-14(2)26-20(17)13-19(21)22-27(23,24)18-9-8-15-6-4-5-7-16(15)11-18/h4-7,11-14,22H,3,8-10H2,1-2H3/t14-/m0/s1. The number of fused-ring (bicyclic) bond motifs is 2. The molecular formula is C21H23NO4S. The Kier molecular flexibility index (Phi) is 4.60. The predicted molar refractivity (Wildman–Crippen MR) is 107 cm³/mol. The highest BCUT2D eigenvalue weighted by atomic mass is 32.2. The molecule has 0 aromatic heterocycles. The van der Waals surface area contributed by atoms with Gasteiger partial charge in [-0.1, -0.05) is 24.3 Å². The Morgan fingerprint density at radius 3 is 2.81 bits per heavy atom. The molecule has 0 bridgehead atoms. The largest absolute Gasteiger partial charge is 0.492 e. The van der Waals surface area contributed by atoms with Gasteiger partial charge in [0.15, 0.2) is 0 Å². The molecule has 27 heavy (non-hydrogen) atoms. The fourth-order valence-corrected chi connectivity index (χ4v) is 4.86. The lowest BCUT2D eigenvalue weighted by Gasteiger charge is -2.19. The third-order valence-corrected chi connectivity index (χ3v) is 6.40. The average molecular weight is 385 g/mol. The number of allylic oxidation sites excluding steroid dienone is 1. The van der Waals surface area contributed by atoms with Crippen molar-refractivity contribution in [1.82, 2.24) is 0 Å². The maximum Gasteiger partial charge on any atom is 0.258 e. The minimum absolute atomic E-state index is 0.0823. The van der Waals surface area contributed by atoms with E-state index in [1.165, 1.54) is 5.56 Å². The summed E-state index contributed by atoms with van der Waals surface area (Å²) in [6.45, 7) is 4.33. The summed E-state index contributed by atoms with van der Waals surface area (Å²) < 4.78 is 40.2. The van der Waals surface area contributed by atoms with Gasteiger partial charge in [0.25, 0.3) is 10.0 Å². The predicted octanol–water partition coefficient (Wildman–Crippen LogP) is 4.14. The molecule has 1 atom stereocenters. The lowest BCUT2D eigenvalue weighted by atomic mass is 9.98. The van der Waals surface area contributed by atoms with Crippen molar-refractivity contribution in [3.63, 3.8) is 0 Å². The molecule has 1 aliphatic heterocycles. The van der Waals surface area contributed by atoms with Crippen LogP contribution in [0.4, 0.5) is 5.69 Å². The number of rotatable bonds is 5. The maximum absolute atomic E-state index is 13.0. The van der Waals surface area contributed by atoms with E-state index in [0.717, 1.165) is 17.5 Å². The van der Waals surface area contributed by atoms with Crippen molar-refractivity contribution in [2.75, 3.05) is 11.3 Å². The van der Waals surface area contributed by atoms with Crippen molar-refractivity contribution in [2.45, 2.75) is 39.2 Å². The molecule has 2 aromatic carbocycles. The van der Waals surface area contributed by atoms with Gasteiger partial charge in [0.05, 0.1) is 17.2 Å². The molecule has 142 valence electrons. The number of sulfonamides is 1. The first kappa shape index (κ1) is 17.9. The fraction of sp³-hybridized carbons (Fsp3) is 0.333. The van der Waals surface area contributed by atoms with Crippen LogP contribution in [-0.4, -0.2) is 21.1 Å². The van der Waals surface area contributed by atoms with Crippen molar-refractivity contribution in [1.29, 1.82) is 0 Å². The first-order valence-electron chi connectivity index (χ1n) is 9.24. The van der Waals surface area contributed by atoms with E-state index in [4.69, 9.17) is 9.47 Å². The summed E-state index contributed by atoms with van der Waals surface area (Å²) in [6, 6.07) is 11.5. The number of benzene rings is 2. The van der Waals surface area contributed by atoms with Gasteiger partial charge in [0, 0.05) is 18.1 Å². The number of anilines is 1. The minimum atomic E-state index is -3.68. The molecule has 1 N–H and O–H groups in total. The van der Waals surface area contributed by atoms with E-state index in [0.29, 0.717) is 41.5 Å². The van der Waals surface area contributed by atoms with Gasteiger partial charge < -0.3 is 9.47 Å². The second kappa shape index (κ2) is 6.93. The molecule has 0 unspecified atom stereocenters. The first-order valence-corrected chi connectivity index (χ1v) is 10.7. The smallest absolute Gasteiger partial charge is 0.258 e. The fourth-order valence-electron chi connectivity index (χ4n) is 3.62. The Hall–Kier alpha value is -2.47. The summed E-state index contributed by atoms with van der Waals surface area (Å²) in [5, 5.41) is 0. The molecule has 2 aliphatic rings. The van der Waals surface area contributed by atoms with E-state index < -0.39 is 10.0 Å². The van der Waals surface area contributed by atoms with Crippen LogP contribution < -0.4 is 14.2 Å². The van der Waals surface area contributed by atoms with Gasteiger partial charge in [-0.3, -0.25) is 4.72 Å². The minimum Gasteiger partial charge on any atom is -0.492 e. The van der Waals surface area contributed by atoms with Crippen LogP contribution in [0, 0.1) is 0 Å². The quantitative estimate of drug-likeness (QED) is 0.840. The summed E-state index contributed by atoms with van der Waals surface area (Å²) >= 11 is 0. The first-order chi connectivity index (χ1) is 13.0. The summed E-state index contributed by atoms with van der Waals surface area (Å²) in [6.07, 6.45) is 3.83. The third kappa shape index (κ3) is 3.54. The molecular weight excluding hydrogens is 362 g/mol. The van der Waals surface area contributed by atoms with Gasteiger partial charge in [-0.05, 0) is 50.0 Å². The molecule has 0 fully saturated rings. The average Bonchev–Trinajstić information content (AvgIpc) is 3.00. The van der Waals surface area contributed by atoms with Crippen LogP contribution in [0.5, 0.6) is 11.5 Å². The van der Waals surface area contributed by atoms with E-state index in [1.807, 2.05) is 44.2 Å². The SMILES string of the molecule is CCOc1cc2c(cc1NS(=O)(=O)C1=Cc3ccccc3CC1)O[C@@H](C)C2. The lowest BCUT2D eigenvalue weighted by molar-refractivity contribution is 0.254. The number of ether oxygens (including phenoxy) is 2. The summed E-state index contributed by atoms with van der Waals surface area (Å²) in [5.74, 6) is 1.25. The number of nitrogens with one attached hydrogen (secondary N) is 1. The molecule has 2 aromatic rings. The Bertz CT molecular complexity index is 1010. The van der Waals surface area contributed by atoms with Gasteiger partial charge in [0.1, 0.15) is 17.6 Å². The molecule has 1 aliphatic carbocycles. The zero-order valence-electron chi connectivity index (χ0n) is 15.5. The van der Waals surface area contributed by atoms with Crippen molar-refractivity contribution in [3.8, 4) is 11.5 Å². The normalized spacial score (nSPS) is 18.1. The molecule has 0 radical (unpaired) electrons. The summed E-state index contributed by atoms with van der Waals surface area (Å²) in [4.78, 5) is 0.387. The van der Waals surface area contributed by atoms with Crippen LogP contribution in [-0.2, 0) is 22.9 Å². The van der Waals surface area contributed by atoms with Crippen molar-refractivity contribution >= 4 is 21.8 Å².